The first-order chi connectivity index (χ1) is 11.8. The molecule has 0 aliphatic carbocycles. The Bertz CT molecular complexity index is 797. The largest absolute Gasteiger partial charge is 0.362 e. The molecule has 0 fully saturated rings. The van der Waals surface area contributed by atoms with Crippen LogP contribution in [0.4, 0.5) is 5.69 Å². The van der Waals surface area contributed by atoms with Crippen LogP contribution in [0.25, 0.3) is 0 Å². The average Bonchev–Trinajstić information content (AvgIpc) is 2.63. The number of benzene rings is 3. The SMILES string of the molecule is N#Cc1cc(Cl)ccc1N(Cc1ccccc1)Cc1ccccc1. The quantitative estimate of drug-likeness (QED) is 0.624. The Hall–Kier alpha value is -2.76. The van der Waals surface area contributed by atoms with Gasteiger partial charge in [-0.1, -0.05) is 72.3 Å². The Labute approximate surface area is 147 Å². The van der Waals surface area contributed by atoms with Crippen LogP contribution in [0.15, 0.2) is 78.9 Å². The lowest BCUT2D eigenvalue weighted by molar-refractivity contribution is 0.798. The number of nitrogens with zero attached hydrogens (tertiary/aromatic N) is 2. The van der Waals surface area contributed by atoms with Crippen LogP contribution >= 0.6 is 11.6 Å². The molecule has 0 atom stereocenters. The highest BCUT2D eigenvalue weighted by Gasteiger charge is 2.13. The van der Waals surface area contributed by atoms with Crippen molar-refractivity contribution in [2.24, 2.45) is 0 Å². The molecule has 3 heteroatoms. The molecule has 3 aromatic rings. The van der Waals surface area contributed by atoms with Crippen LogP contribution in [0, 0.1) is 11.3 Å². The number of anilines is 1. The van der Waals surface area contributed by atoms with E-state index in [1.54, 1.807) is 6.07 Å². The second-order valence-corrected chi connectivity index (χ2v) is 6.04. The fraction of sp³-hybridized carbons (Fsp3) is 0.0952. The summed E-state index contributed by atoms with van der Waals surface area (Å²) in [7, 11) is 0. The molecule has 3 aromatic carbocycles. The minimum Gasteiger partial charge on any atom is -0.362 e. The van der Waals surface area contributed by atoms with Crippen LogP contribution < -0.4 is 4.90 Å². The Morgan fingerprint density at radius 1 is 0.792 bits per heavy atom. The van der Waals surface area contributed by atoms with Crippen LogP contribution in [0.3, 0.4) is 0 Å². The van der Waals surface area contributed by atoms with Crippen molar-refractivity contribution in [3.63, 3.8) is 0 Å². The van der Waals surface area contributed by atoms with Crippen LogP contribution in [0.1, 0.15) is 16.7 Å². The second-order valence-electron chi connectivity index (χ2n) is 5.60. The number of hydrogen-bond acceptors (Lipinski definition) is 2. The van der Waals surface area contributed by atoms with E-state index in [2.05, 4.69) is 35.2 Å². The molecule has 0 heterocycles. The number of rotatable bonds is 5. The highest BCUT2D eigenvalue weighted by molar-refractivity contribution is 6.30. The lowest BCUT2D eigenvalue weighted by atomic mass is 10.1. The maximum Gasteiger partial charge on any atom is 0.101 e. The summed E-state index contributed by atoms with van der Waals surface area (Å²) in [5, 5.41) is 10.1. The van der Waals surface area contributed by atoms with E-state index in [1.165, 1.54) is 11.1 Å². The summed E-state index contributed by atoms with van der Waals surface area (Å²) in [5.74, 6) is 0. The van der Waals surface area contributed by atoms with E-state index < -0.39 is 0 Å². The van der Waals surface area contributed by atoms with Crippen LogP contribution in [0.2, 0.25) is 5.02 Å². The first-order valence-corrected chi connectivity index (χ1v) is 8.16. The first-order valence-electron chi connectivity index (χ1n) is 7.79. The summed E-state index contributed by atoms with van der Waals surface area (Å²) in [5.41, 5.74) is 3.89. The fourth-order valence-electron chi connectivity index (χ4n) is 2.71. The fourth-order valence-corrected chi connectivity index (χ4v) is 2.88. The third kappa shape index (κ3) is 3.95. The standard InChI is InChI=1S/C21H17ClN2/c22-20-11-12-21(19(13-20)14-23)24(15-17-7-3-1-4-8-17)16-18-9-5-2-6-10-18/h1-13H,15-16H2. The van der Waals surface area contributed by atoms with Crippen molar-refractivity contribution >= 4 is 17.3 Å². The van der Waals surface area contributed by atoms with Gasteiger partial charge >= 0.3 is 0 Å². The third-order valence-electron chi connectivity index (χ3n) is 3.85. The van der Waals surface area contributed by atoms with Crippen molar-refractivity contribution in [1.29, 1.82) is 5.26 Å². The minimum absolute atomic E-state index is 0.578. The number of nitriles is 1. The first kappa shape index (κ1) is 16.1. The zero-order valence-electron chi connectivity index (χ0n) is 13.2. The normalized spacial score (nSPS) is 10.2. The van der Waals surface area contributed by atoms with E-state index in [4.69, 9.17) is 11.6 Å². The molecular formula is C21H17ClN2. The van der Waals surface area contributed by atoms with E-state index in [0.29, 0.717) is 10.6 Å². The molecule has 24 heavy (non-hydrogen) atoms. The summed E-state index contributed by atoms with van der Waals surface area (Å²) in [6, 6.07) is 28.3. The van der Waals surface area contributed by atoms with Gasteiger partial charge in [0.05, 0.1) is 11.3 Å². The van der Waals surface area contributed by atoms with Gasteiger partial charge in [0.2, 0.25) is 0 Å². The molecule has 0 saturated carbocycles. The average molecular weight is 333 g/mol. The molecule has 0 bridgehead atoms. The van der Waals surface area contributed by atoms with Crippen molar-refractivity contribution in [3.05, 3.63) is 101 Å². The van der Waals surface area contributed by atoms with Crippen molar-refractivity contribution in [2.45, 2.75) is 13.1 Å². The number of hydrogen-bond donors (Lipinski definition) is 0. The molecule has 0 unspecified atom stereocenters. The molecule has 0 amide bonds. The molecule has 0 aliphatic heterocycles. The van der Waals surface area contributed by atoms with Crippen molar-refractivity contribution in [1.82, 2.24) is 0 Å². The molecule has 0 saturated heterocycles. The Kier molecular flexibility index (Phi) is 5.15. The summed E-state index contributed by atoms with van der Waals surface area (Å²) in [6.45, 7) is 1.46. The maximum atomic E-state index is 9.49. The van der Waals surface area contributed by atoms with Gasteiger partial charge in [-0.05, 0) is 29.3 Å². The van der Waals surface area contributed by atoms with Gasteiger partial charge < -0.3 is 4.90 Å². The maximum absolute atomic E-state index is 9.49. The van der Waals surface area contributed by atoms with E-state index in [9.17, 15) is 5.26 Å². The lowest BCUT2D eigenvalue weighted by Crippen LogP contribution is -2.23. The van der Waals surface area contributed by atoms with Crippen LogP contribution in [0.5, 0.6) is 0 Å². The Morgan fingerprint density at radius 2 is 1.33 bits per heavy atom. The third-order valence-corrected chi connectivity index (χ3v) is 4.09. The van der Waals surface area contributed by atoms with Gasteiger partial charge in [0, 0.05) is 18.1 Å². The van der Waals surface area contributed by atoms with Gasteiger partial charge in [-0.25, -0.2) is 0 Å². The van der Waals surface area contributed by atoms with Crippen molar-refractivity contribution in [2.75, 3.05) is 4.90 Å². The van der Waals surface area contributed by atoms with Crippen molar-refractivity contribution < 1.29 is 0 Å². The van der Waals surface area contributed by atoms with E-state index in [0.717, 1.165) is 18.8 Å². The van der Waals surface area contributed by atoms with Gasteiger partial charge in [-0.2, -0.15) is 5.26 Å². The van der Waals surface area contributed by atoms with E-state index in [-0.39, 0.29) is 0 Å². The molecule has 118 valence electrons. The predicted octanol–water partition coefficient (Wildman–Crippen LogP) is 5.42. The van der Waals surface area contributed by atoms with Crippen LogP contribution in [-0.4, -0.2) is 0 Å². The highest BCUT2D eigenvalue weighted by Crippen LogP contribution is 2.27. The molecule has 0 aromatic heterocycles. The smallest absolute Gasteiger partial charge is 0.101 e. The lowest BCUT2D eigenvalue weighted by Gasteiger charge is -2.26. The van der Waals surface area contributed by atoms with E-state index in [1.807, 2.05) is 48.5 Å². The number of halogens is 1. The van der Waals surface area contributed by atoms with Gasteiger partial charge in [0.25, 0.3) is 0 Å². The molecule has 0 aliphatic rings. The molecule has 2 nitrogen and oxygen atoms in total. The highest BCUT2D eigenvalue weighted by atomic mass is 35.5. The van der Waals surface area contributed by atoms with Crippen molar-refractivity contribution in [3.8, 4) is 6.07 Å². The summed E-state index contributed by atoms with van der Waals surface area (Å²) < 4.78 is 0. The zero-order valence-corrected chi connectivity index (χ0v) is 13.9. The minimum atomic E-state index is 0.578. The zero-order chi connectivity index (χ0) is 16.8. The summed E-state index contributed by atoms with van der Waals surface area (Å²) >= 11 is 6.05. The molecule has 0 radical (unpaired) electrons. The Morgan fingerprint density at radius 3 is 1.83 bits per heavy atom. The van der Waals surface area contributed by atoms with E-state index >= 15 is 0 Å². The molecule has 0 N–H and O–H groups in total. The van der Waals surface area contributed by atoms with Crippen LogP contribution in [-0.2, 0) is 13.1 Å². The molecular weight excluding hydrogens is 316 g/mol. The molecule has 0 spiro atoms. The van der Waals surface area contributed by atoms with Gasteiger partial charge in [0.15, 0.2) is 0 Å². The topological polar surface area (TPSA) is 27.0 Å². The van der Waals surface area contributed by atoms with Gasteiger partial charge in [0.1, 0.15) is 6.07 Å². The molecule has 3 rings (SSSR count). The Balaban J connectivity index is 1.97. The van der Waals surface area contributed by atoms with Gasteiger partial charge in [-0.15, -0.1) is 0 Å². The predicted molar refractivity (Wildman–Crippen MR) is 98.9 cm³/mol. The van der Waals surface area contributed by atoms with Gasteiger partial charge in [-0.3, -0.25) is 0 Å². The summed E-state index contributed by atoms with van der Waals surface area (Å²) in [6.07, 6.45) is 0. The second kappa shape index (κ2) is 7.68. The monoisotopic (exact) mass is 332 g/mol. The summed E-state index contributed by atoms with van der Waals surface area (Å²) in [4.78, 5) is 2.21.